The van der Waals surface area contributed by atoms with Gasteiger partial charge in [0.15, 0.2) is 0 Å². The summed E-state index contributed by atoms with van der Waals surface area (Å²) >= 11 is 12.3. The Morgan fingerprint density at radius 1 is 1.13 bits per heavy atom. The van der Waals surface area contributed by atoms with E-state index in [0.29, 0.717) is 21.2 Å². The summed E-state index contributed by atoms with van der Waals surface area (Å²) in [7, 11) is 1.79. The monoisotopic (exact) mass is 455 g/mol. The molecule has 0 fully saturated rings. The number of rotatable bonds is 5. The van der Waals surface area contributed by atoms with E-state index < -0.39 is 17.9 Å². The van der Waals surface area contributed by atoms with Crippen LogP contribution in [0.25, 0.3) is 10.9 Å². The number of fused-ring (bicyclic) bond motifs is 1. The second-order valence-corrected chi connectivity index (χ2v) is 7.62. The van der Waals surface area contributed by atoms with Crippen LogP contribution >= 0.6 is 23.2 Å². The van der Waals surface area contributed by atoms with Crippen molar-refractivity contribution in [2.45, 2.75) is 13.1 Å². The Balaban J connectivity index is 1.83. The highest BCUT2D eigenvalue weighted by Crippen LogP contribution is 2.29. The average molecular weight is 456 g/mol. The normalized spacial score (nSPS) is 10.9. The van der Waals surface area contributed by atoms with E-state index in [1.54, 1.807) is 54.2 Å². The second kappa shape index (κ2) is 8.26. The van der Waals surface area contributed by atoms with Crippen LogP contribution < -0.4 is 16.7 Å². The summed E-state index contributed by atoms with van der Waals surface area (Å²) in [5.74, 6) is 0.00396. The van der Waals surface area contributed by atoms with Gasteiger partial charge in [-0.25, -0.2) is 14.2 Å². The molecule has 11 heteroatoms. The Kier molecular flexibility index (Phi) is 5.50. The highest BCUT2D eigenvalue weighted by molar-refractivity contribution is 6.34. The van der Waals surface area contributed by atoms with Crippen LogP contribution in [0.5, 0.6) is 0 Å². The first-order valence-corrected chi connectivity index (χ1v) is 9.84. The average Bonchev–Trinajstić information content (AvgIpc) is 3.08. The Morgan fingerprint density at radius 3 is 2.58 bits per heavy atom. The summed E-state index contributed by atoms with van der Waals surface area (Å²) < 4.78 is 3.70. The Hall–Kier alpha value is -3.61. The zero-order chi connectivity index (χ0) is 22.1. The van der Waals surface area contributed by atoms with Gasteiger partial charge < -0.3 is 5.32 Å². The van der Waals surface area contributed by atoms with Gasteiger partial charge in [-0.3, -0.25) is 9.25 Å². The number of anilines is 2. The molecule has 0 aliphatic carbocycles. The lowest BCUT2D eigenvalue weighted by atomic mass is 10.2. The molecule has 0 unspecified atom stereocenters. The maximum absolute atomic E-state index is 13.0. The minimum Gasteiger partial charge on any atom is -0.324 e. The first kappa shape index (κ1) is 20.7. The van der Waals surface area contributed by atoms with E-state index in [-0.39, 0.29) is 12.5 Å². The molecule has 0 saturated heterocycles. The van der Waals surface area contributed by atoms with Gasteiger partial charge in [0.25, 0.3) is 0 Å². The molecule has 1 N–H and O–H groups in total. The number of nitrogens with one attached hydrogen (secondary N) is 1. The lowest BCUT2D eigenvalue weighted by molar-refractivity contribution is 0.599. The Bertz CT molecular complexity index is 1450. The van der Waals surface area contributed by atoms with Crippen molar-refractivity contribution in [3.05, 3.63) is 79.2 Å². The van der Waals surface area contributed by atoms with Gasteiger partial charge in [-0.05, 0) is 29.8 Å². The zero-order valence-corrected chi connectivity index (χ0v) is 17.7. The largest absolute Gasteiger partial charge is 0.355 e. The molecule has 2 heterocycles. The highest BCUT2D eigenvalue weighted by Gasteiger charge is 2.16. The number of halogens is 2. The number of hydrogen-bond acceptors (Lipinski definition) is 6. The molecule has 0 saturated carbocycles. The first-order valence-electron chi connectivity index (χ1n) is 9.08. The molecular formula is C20H15Cl2N7O2. The molecule has 156 valence electrons. The van der Waals surface area contributed by atoms with Crippen molar-refractivity contribution < 1.29 is 0 Å². The van der Waals surface area contributed by atoms with E-state index >= 15 is 0 Å². The van der Waals surface area contributed by atoms with Gasteiger partial charge in [-0.15, -0.1) is 0 Å². The van der Waals surface area contributed by atoms with Crippen molar-refractivity contribution in [1.82, 2.24) is 23.9 Å². The molecule has 0 radical (unpaired) electrons. The van der Waals surface area contributed by atoms with Crippen LogP contribution in [0.15, 0.2) is 52.2 Å². The molecule has 0 aliphatic rings. The molecule has 9 nitrogen and oxygen atoms in total. The lowest BCUT2D eigenvalue weighted by Gasteiger charge is -2.15. The van der Waals surface area contributed by atoms with Crippen molar-refractivity contribution in [3.8, 4) is 6.07 Å². The summed E-state index contributed by atoms with van der Waals surface area (Å²) in [6, 6.07) is 12.1. The van der Waals surface area contributed by atoms with Crippen molar-refractivity contribution >= 4 is 45.7 Å². The minimum absolute atomic E-state index is 0.00396. The third-order valence-electron chi connectivity index (χ3n) is 4.59. The summed E-state index contributed by atoms with van der Waals surface area (Å²) in [5, 5.41) is 18.0. The maximum atomic E-state index is 13.0. The van der Waals surface area contributed by atoms with Gasteiger partial charge in [0.2, 0.25) is 5.95 Å². The standard InChI is InChI=1S/C20H15Cl2N7O2/c1-27-11-13-8-17(15(22)9-16(13)26-27)24-18-25-19(30)28(7-6-23)20(31)29(18)10-12-2-4-14(21)5-3-12/h2-5,8-9,11H,7,10H2,1H3,(H,24,25,30). The lowest BCUT2D eigenvalue weighted by Crippen LogP contribution is -2.42. The van der Waals surface area contributed by atoms with E-state index in [4.69, 9.17) is 28.5 Å². The van der Waals surface area contributed by atoms with E-state index in [1.165, 1.54) is 4.57 Å². The molecule has 0 spiro atoms. The molecule has 4 aromatic rings. The molecule has 0 atom stereocenters. The molecule has 4 rings (SSSR count). The number of aromatic nitrogens is 5. The SMILES string of the molecule is Cn1cc2cc(Nc3nc(=O)n(CC#N)c(=O)n3Cc3ccc(Cl)cc3)c(Cl)cc2n1. The number of benzene rings is 2. The number of nitriles is 1. The number of aryl methyl sites for hydroxylation is 1. The molecule has 2 aromatic carbocycles. The quantitative estimate of drug-likeness (QED) is 0.495. The van der Waals surface area contributed by atoms with Crippen LogP contribution in [-0.2, 0) is 20.1 Å². The zero-order valence-electron chi connectivity index (χ0n) is 16.2. The molecule has 2 aromatic heterocycles. The van der Waals surface area contributed by atoms with E-state index in [1.807, 2.05) is 6.20 Å². The fourth-order valence-corrected chi connectivity index (χ4v) is 3.46. The predicted octanol–water partition coefficient (Wildman–Crippen LogP) is 2.91. The predicted molar refractivity (Wildman–Crippen MR) is 118 cm³/mol. The maximum Gasteiger partial charge on any atom is 0.355 e. The topological polar surface area (TPSA) is 111 Å². The van der Waals surface area contributed by atoms with Gasteiger partial charge in [0.05, 0.1) is 28.8 Å². The van der Waals surface area contributed by atoms with Gasteiger partial charge in [-0.1, -0.05) is 35.3 Å². The molecular weight excluding hydrogens is 441 g/mol. The van der Waals surface area contributed by atoms with Gasteiger partial charge in [-0.2, -0.15) is 15.3 Å². The van der Waals surface area contributed by atoms with E-state index in [9.17, 15) is 9.59 Å². The van der Waals surface area contributed by atoms with Crippen molar-refractivity contribution in [2.24, 2.45) is 7.05 Å². The summed E-state index contributed by atoms with van der Waals surface area (Å²) in [6.07, 6.45) is 1.82. The van der Waals surface area contributed by atoms with Crippen LogP contribution in [0.3, 0.4) is 0 Å². The summed E-state index contributed by atoms with van der Waals surface area (Å²) in [4.78, 5) is 29.4. The van der Waals surface area contributed by atoms with Crippen LogP contribution in [0.1, 0.15) is 5.56 Å². The molecule has 0 aliphatic heterocycles. The van der Waals surface area contributed by atoms with E-state index in [2.05, 4.69) is 15.4 Å². The second-order valence-electron chi connectivity index (χ2n) is 6.78. The highest BCUT2D eigenvalue weighted by atomic mass is 35.5. The first-order chi connectivity index (χ1) is 14.9. The molecule has 0 bridgehead atoms. The fourth-order valence-electron chi connectivity index (χ4n) is 3.13. The van der Waals surface area contributed by atoms with E-state index in [0.717, 1.165) is 15.5 Å². The molecule has 0 amide bonds. The smallest absolute Gasteiger partial charge is 0.324 e. The third kappa shape index (κ3) is 4.17. The number of hydrogen-bond donors (Lipinski definition) is 1. The Morgan fingerprint density at radius 2 is 1.87 bits per heavy atom. The van der Waals surface area contributed by atoms with Gasteiger partial charge in [0, 0.05) is 23.7 Å². The fraction of sp³-hybridized carbons (Fsp3) is 0.150. The molecule has 31 heavy (non-hydrogen) atoms. The summed E-state index contributed by atoms with van der Waals surface area (Å²) in [6.45, 7) is -0.308. The van der Waals surface area contributed by atoms with Crippen molar-refractivity contribution in [3.63, 3.8) is 0 Å². The van der Waals surface area contributed by atoms with Crippen molar-refractivity contribution in [1.29, 1.82) is 5.26 Å². The minimum atomic E-state index is -0.833. The van der Waals surface area contributed by atoms with Crippen LogP contribution in [-0.4, -0.2) is 23.9 Å². The van der Waals surface area contributed by atoms with Crippen molar-refractivity contribution in [2.75, 3.05) is 5.32 Å². The van der Waals surface area contributed by atoms with Crippen LogP contribution in [0, 0.1) is 11.3 Å². The van der Waals surface area contributed by atoms with Crippen LogP contribution in [0.2, 0.25) is 10.0 Å². The van der Waals surface area contributed by atoms with Crippen LogP contribution in [0.4, 0.5) is 11.6 Å². The third-order valence-corrected chi connectivity index (χ3v) is 5.15. The summed E-state index contributed by atoms with van der Waals surface area (Å²) in [5.41, 5.74) is 0.412. The van der Waals surface area contributed by atoms with Gasteiger partial charge in [0.1, 0.15) is 6.54 Å². The van der Waals surface area contributed by atoms with Gasteiger partial charge >= 0.3 is 11.4 Å². The number of nitrogens with zero attached hydrogens (tertiary/aromatic N) is 6. The Labute approximate surface area is 185 Å².